The molecule has 1 unspecified atom stereocenters. The van der Waals surface area contributed by atoms with E-state index in [-0.39, 0.29) is 17.0 Å². The van der Waals surface area contributed by atoms with Crippen LogP contribution in [0, 0.1) is 19.7 Å². The summed E-state index contributed by atoms with van der Waals surface area (Å²) < 4.78 is 19.1. The Hall–Kier alpha value is -2.12. The van der Waals surface area contributed by atoms with Crippen LogP contribution in [0.15, 0.2) is 40.1 Å². The van der Waals surface area contributed by atoms with E-state index in [2.05, 4.69) is 10.3 Å². The van der Waals surface area contributed by atoms with Crippen molar-refractivity contribution < 1.29 is 13.6 Å². The molecule has 0 spiro atoms. The zero-order valence-electron chi connectivity index (χ0n) is 14.7. The van der Waals surface area contributed by atoms with Gasteiger partial charge >= 0.3 is 0 Å². The number of carbonyl (C=O) groups is 1. The molecule has 1 amide bonds. The molecule has 1 atom stereocenters. The number of hydrogen-bond acceptors (Lipinski definition) is 5. The second-order valence-corrected chi connectivity index (χ2v) is 8.18. The standard InChI is InChI=1S/C19H19FN2O2S2/c1-11-6-7-14(20)9-15(11)21-18(23)13(3)26-10-16-12(2)24-19(22-16)17-5-4-8-25-17/h4-9,13H,10H2,1-3H3,(H,21,23). The molecule has 2 heterocycles. The maximum atomic E-state index is 13.4. The van der Waals surface area contributed by atoms with Gasteiger partial charge in [-0.3, -0.25) is 4.79 Å². The molecule has 0 saturated carbocycles. The van der Waals surface area contributed by atoms with E-state index in [0.717, 1.165) is 21.9 Å². The second kappa shape index (κ2) is 8.05. The summed E-state index contributed by atoms with van der Waals surface area (Å²) in [4.78, 5) is 17.9. The largest absolute Gasteiger partial charge is 0.440 e. The summed E-state index contributed by atoms with van der Waals surface area (Å²) in [6.07, 6.45) is 0. The molecule has 0 fully saturated rings. The number of amides is 1. The van der Waals surface area contributed by atoms with E-state index in [1.807, 2.05) is 38.3 Å². The Morgan fingerprint density at radius 2 is 2.19 bits per heavy atom. The van der Waals surface area contributed by atoms with Crippen molar-refractivity contribution >= 4 is 34.7 Å². The first kappa shape index (κ1) is 18.7. The van der Waals surface area contributed by atoms with Crippen molar-refractivity contribution in [3.63, 3.8) is 0 Å². The van der Waals surface area contributed by atoms with Crippen LogP contribution in [0.1, 0.15) is 23.9 Å². The number of rotatable bonds is 6. The molecule has 3 rings (SSSR count). The quantitative estimate of drug-likeness (QED) is 0.611. The second-order valence-electron chi connectivity index (χ2n) is 5.90. The minimum Gasteiger partial charge on any atom is -0.440 e. The molecule has 7 heteroatoms. The molecular weight excluding hydrogens is 371 g/mol. The number of hydrogen-bond donors (Lipinski definition) is 1. The van der Waals surface area contributed by atoms with Gasteiger partial charge in [0.15, 0.2) is 0 Å². The third kappa shape index (κ3) is 4.34. The van der Waals surface area contributed by atoms with Crippen molar-refractivity contribution in [2.75, 3.05) is 5.32 Å². The van der Waals surface area contributed by atoms with E-state index in [9.17, 15) is 9.18 Å². The molecule has 1 N–H and O–H groups in total. The molecule has 2 aromatic heterocycles. The van der Waals surface area contributed by atoms with E-state index >= 15 is 0 Å². The van der Waals surface area contributed by atoms with Crippen LogP contribution in [0.5, 0.6) is 0 Å². The first-order valence-electron chi connectivity index (χ1n) is 8.13. The van der Waals surface area contributed by atoms with Crippen LogP contribution < -0.4 is 5.32 Å². The molecule has 26 heavy (non-hydrogen) atoms. The van der Waals surface area contributed by atoms with Crippen LogP contribution in [-0.2, 0) is 10.5 Å². The SMILES string of the molecule is Cc1ccc(F)cc1NC(=O)C(C)SCc1nc(-c2cccs2)oc1C. The number of aryl methyl sites for hydroxylation is 2. The summed E-state index contributed by atoms with van der Waals surface area (Å²) in [6.45, 7) is 5.53. The lowest BCUT2D eigenvalue weighted by molar-refractivity contribution is -0.115. The highest BCUT2D eigenvalue weighted by molar-refractivity contribution is 7.99. The molecule has 1 aromatic carbocycles. The smallest absolute Gasteiger partial charge is 0.237 e. The molecule has 0 aliphatic heterocycles. The van der Waals surface area contributed by atoms with Gasteiger partial charge in [-0.1, -0.05) is 12.1 Å². The van der Waals surface area contributed by atoms with Crippen LogP contribution >= 0.6 is 23.1 Å². The Morgan fingerprint density at radius 3 is 2.92 bits per heavy atom. The van der Waals surface area contributed by atoms with Gasteiger partial charge in [0.05, 0.1) is 15.8 Å². The van der Waals surface area contributed by atoms with Gasteiger partial charge in [-0.05, 0) is 49.9 Å². The molecule has 0 bridgehead atoms. The number of thioether (sulfide) groups is 1. The van der Waals surface area contributed by atoms with Gasteiger partial charge in [-0.15, -0.1) is 23.1 Å². The molecule has 0 aliphatic rings. The third-order valence-corrected chi connectivity index (χ3v) is 5.93. The fraction of sp³-hybridized carbons (Fsp3) is 0.263. The minimum absolute atomic E-state index is 0.164. The number of halogens is 1. The predicted molar refractivity (Wildman–Crippen MR) is 105 cm³/mol. The summed E-state index contributed by atoms with van der Waals surface area (Å²) in [5, 5.41) is 4.46. The van der Waals surface area contributed by atoms with E-state index in [0.29, 0.717) is 17.3 Å². The Bertz CT molecular complexity index is 906. The normalized spacial score (nSPS) is 12.2. The summed E-state index contributed by atoms with van der Waals surface area (Å²) in [5.41, 5.74) is 2.16. The summed E-state index contributed by atoms with van der Waals surface area (Å²) in [5.74, 6) is 1.40. The van der Waals surface area contributed by atoms with Crippen molar-refractivity contribution in [2.45, 2.75) is 31.8 Å². The zero-order chi connectivity index (χ0) is 18.7. The first-order chi connectivity index (χ1) is 12.4. The summed E-state index contributed by atoms with van der Waals surface area (Å²) in [7, 11) is 0. The summed E-state index contributed by atoms with van der Waals surface area (Å²) >= 11 is 3.04. The van der Waals surface area contributed by atoms with Gasteiger partial charge in [-0.2, -0.15) is 0 Å². The molecule has 4 nitrogen and oxygen atoms in total. The highest BCUT2D eigenvalue weighted by Gasteiger charge is 2.18. The fourth-order valence-electron chi connectivity index (χ4n) is 2.31. The van der Waals surface area contributed by atoms with Crippen molar-refractivity contribution in [1.29, 1.82) is 0 Å². The number of benzene rings is 1. The Labute approximate surface area is 159 Å². The van der Waals surface area contributed by atoms with Gasteiger partial charge in [-0.25, -0.2) is 9.37 Å². The molecular formula is C19H19FN2O2S2. The molecule has 0 aliphatic carbocycles. The van der Waals surface area contributed by atoms with Gasteiger partial charge in [0.1, 0.15) is 11.6 Å². The average Bonchev–Trinajstić information content (AvgIpc) is 3.25. The van der Waals surface area contributed by atoms with Crippen LogP contribution in [0.2, 0.25) is 0 Å². The highest BCUT2D eigenvalue weighted by Crippen LogP contribution is 2.28. The molecule has 3 aromatic rings. The Balaban J connectivity index is 1.61. The Morgan fingerprint density at radius 1 is 1.38 bits per heavy atom. The minimum atomic E-state index is -0.370. The lowest BCUT2D eigenvalue weighted by atomic mass is 10.2. The fourth-order valence-corrected chi connectivity index (χ4v) is 3.85. The van der Waals surface area contributed by atoms with Crippen LogP contribution in [0.4, 0.5) is 10.1 Å². The van der Waals surface area contributed by atoms with Crippen LogP contribution in [0.25, 0.3) is 10.8 Å². The number of aromatic nitrogens is 1. The number of anilines is 1. The van der Waals surface area contributed by atoms with Crippen molar-refractivity contribution in [3.05, 3.63) is 58.5 Å². The van der Waals surface area contributed by atoms with E-state index in [4.69, 9.17) is 4.42 Å². The molecule has 0 radical (unpaired) electrons. The lowest BCUT2D eigenvalue weighted by Crippen LogP contribution is -2.23. The topological polar surface area (TPSA) is 55.1 Å². The van der Waals surface area contributed by atoms with E-state index in [1.54, 1.807) is 17.4 Å². The van der Waals surface area contributed by atoms with Gasteiger partial charge in [0.2, 0.25) is 11.8 Å². The van der Waals surface area contributed by atoms with E-state index in [1.165, 1.54) is 23.9 Å². The highest BCUT2D eigenvalue weighted by atomic mass is 32.2. The number of nitrogens with zero attached hydrogens (tertiary/aromatic N) is 1. The monoisotopic (exact) mass is 390 g/mol. The molecule has 0 saturated heterocycles. The van der Waals surface area contributed by atoms with Gasteiger partial charge < -0.3 is 9.73 Å². The summed E-state index contributed by atoms with van der Waals surface area (Å²) in [6, 6.07) is 8.27. The van der Waals surface area contributed by atoms with Crippen LogP contribution in [0.3, 0.4) is 0 Å². The molecule has 136 valence electrons. The third-order valence-electron chi connectivity index (χ3n) is 3.92. The maximum Gasteiger partial charge on any atom is 0.237 e. The van der Waals surface area contributed by atoms with Crippen molar-refractivity contribution in [3.8, 4) is 10.8 Å². The number of nitrogens with one attached hydrogen (secondary N) is 1. The maximum absolute atomic E-state index is 13.4. The van der Waals surface area contributed by atoms with Crippen molar-refractivity contribution in [2.24, 2.45) is 0 Å². The zero-order valence-corrected chi connectivity index (χ0v) is 16.3. The van der Waals surface area contributed by atoms with E-state index < -0.39 is 0 Å². The number of thiophene rings is 1. The van der Waals surface area contributed by atoms with Gasteiger partial charge in [0, 0.05) is 11.4 Å². The Kier molecular flexibility index (Phi) is 5.78. The number of oxazole rings is 1. The lowest BCUT2D eigenvalue weighted by Gasteiger charge is -2.13. The van der Waals surface area contributed by atoms with Crippen LogP contribution in [-0.4, -0.2) is 16.1 Å². The van der Waals surface area contributed by atoms with Gasteiger partial charge in [0.25, 0.3) is 0 Å². The number of carbonyl (C=O) groups excluding carboxylic acids is 1. The van der Waals surface area contributed by atoms with Crippen molar-refractivity contribution in [1.82, 2.24) is 4.98 Å². The predicted octanol–water partition coefficient (Wildman–Crippen LogP) is 5.42. The first-order valence-corrected chi connectivity index (χ1v) is 10.1. The average molecular weight is 391 g/mol.